The van der Waals surface area contributed by atoms with Crippen LogP contribution in [0.15, 0.2) is 0 Å². The van der Waals surface area contributed by atoms with E-state index in [1.807, 2.05) is 48.5 Å². The molecule has 2 unspecified atom stereocenters. The summed E-state index contributed by atoms with van der Waals surface area (Å²) in [6.45, 7) is 18.5. The van der Waals surface area contributed by atoms with Crippen LogP contribution in [0.5, 0.6) is 0 Å². The van der Waals surface area contributed by atoms with Gasteiger partial charge in [0.2, 0.25) is 11.8 Å². The van der Waals surface area contributed by atoms with Gasteiger partial charge in [0.1, 0.15) is 18.1 Å². The summed E-state index contributed by atoms with van der Waals surface area (Å²) in [7, 11) is 0.507. The molecule has 2 aliphatic carbocycles. The molecule has 5 amide bonds. The molecule has 3 aliphatic rings. The van der Waals surface area contributed by atoms with Gasteiger partial charge in [-0.2, -0.15) is 0 Å². The maximum Gasteiger partial charge on any atom is 0.380 e. The zero-order valence-electron chi connectivity index (χ0n) is 30.5. The number of fused-ring (bicyclic) bond motifs is 1. The number of Topliss-reactive ketones (excluding diaryl/α,β-unsaturated/α-hetero) is 1. The molecule has 0 bridgehead atoms. The number of likely N-dealkylation sites (tertiary alicyclic amines) is 1. The van der Waals surface area contributed by atoms with Crippen LogP contribution in [0.25, 0.3) is 0 Å². The van der Waals surface area contributed by atoms with E-state index < -0.39 is 58.2 Å². The molecule has 1 heterocycles. The number of rotatable bonds is 13. The summed E-state index contributed by atoms with van der Waals surface area (Å²) in [5.41, 5.74) is -1.16. The lowest BCUT2D eigenvalue weighted by molar-refractivity contribution is -0.577. The molecule has 5 N–H and O–H groups in total. The summed E-state index contributed by atoms with van der Waals surface area (Å²) >= 11 is 0. The van der Waals surface area contributed by atoms with E-state index >= 15 is 0 Å². The van der Waals surface area contributed by atoms with Crippen molar-refractivity contribution in [2.75, 3.05) is 26.4 Å². The molecule has 47 heavy (non-hydrogen) atoms. The van der Waals surface area contributed by atoms with Gasteiger partial charge in [-0.25, -0.2) is 18.1 Å². The smallest absolute Gasteiger partial charge is 0.344 e. The van der Waals surface area contributed by atoms with E-state index in [-0.39, 0.29) is 40.7 Å². The Kier molecular flexibility index (Phi) is 12.5. The van der Waals surface area contributed by atoms with E-state index in [4.69, 9.17) is 0 Å². The highest BCUT2D eigenvalue weighted by molar-refractivity contribution is 7.81. The number of carbonyl (C=O) groups is 5. The number of quaternary nitrogens is 1. The predicted molar refractivity (Wildman–Crippen MR) is 182 cm³/mol. The van der Waals surface area contributed by atoms with Crippen molar-refractivity contribution in [1.82, 2.24) is 25.2 Å². The van der Waals surface area contributed by atoms with Crippen LogP contribution in [0.2, 0.25) is 0 Å². The average molecular weight is 682 g/mol. The SMILES string of the molecule is CCCC(NC(=O)[C@@H]1[C@H]2CCC(C)(C)[C@H]2CN1C(=O)[C@@H](NC(=O)N[C@H](CN(C)S(C)=O)C(C)(C)C)C(C)(C)C)C(=O)C(=O)[NH2+]C1CC1. The Morgan fingerprint density at radius 2 is 1.60 bits per heavy atom. The molecule has 0 radical (unpaired) electrons. The molecule has 7 atom stereocenters. The molecule has 1 saturated heterocycles. The number of carbonyl (C=O) groups excluding carboxylic acids is 5. The monoisotopic (exact) mass is 681 g/mol. The molecule has 0 aromatic carbocycles. The first-order valence-electron chi connectivity index (χ1n) is 17.2. The highest BCUT2D eigenvalue weighted by atomic mass is 32.2. The third-order valence-corrected chi connectivity index (χ3v) is 11.4. The van der Waals surface area contributed by atoms with Crippen molar-refractivity contribution < 1.29 is 33.5 Å². The number of nitrogens with two attached hydrogens (primary N) is 1. The van der Waals surface area contributed by atoms with E-state index in [1.54, 1.807) is 22.5 Å². The second kappa shape index (κ2) is 15.0. The van der Waals surface area contributed by atoms with Gasteiger partial charge in [0.15, 0.2) is 0 Å². The zero-order valence-corrected chi connectivity index (χ0v) is 31.3. The van der Waals surface area contributed by atoms with Crippen LogP contribution in [0.3, 0.4) is 0 Å². The Labute approximate surface area is 284 Å². The number of hydrogen-bond donors (Lipinski definition) is 4. The van der Waals surface area contributed by atoms with Crippen LogP contribution in [-0.2, 0) is 30.2 Å². The number of likely N-dealkylation sites (N-methyl/N-ethyl adjacent to an activating group) is 1. The fraction of sp³-hybridized carbons (Fsp3) is 0.853. The van der Waals surface area contributed by atoms with E-state index in [0.29, 0.717) is 25.9 Å². The number of primary amides is 1. The molecule has 2 saturated carbocycles. The maximum atomic E-state index is 14.5. The van der Waals surface area contributed by atoms with Gasteiger partial charge in [0, 0.05) is 38.2 Å². The van der Waals surface area contributed by atoms with Gasteiger partial charge in [-0.05, 0) is 54.4 Å². The fourth-order valence-electron chi connectivity index (χ4n) is 6.97. The summed E-state index contributed by atoms with van der Waals surface area (Å²) in [5, 5.41) is 10.3. The van der Waals surface area contributed by atoms with Crippen LogP contribution < -0.4 is 21.3 Å². The summed E-state index contributed by atoms with van der Waals surface area (Å²) in [6, 6.07) is -3.48. The number of amides is 5. The van der Waals surface area contributed by atoms with Crippen molar-refractivity contribution >= 4 is 40.5 Å². The van der Waals surface area contributed by atoms with E-state index in [0.717, 1.165) is 25.7 Å². The lowest BCUT2D eigenvalue weighted by atomic mass is 9.79. The Morgan fingerprint density at radius 1 is 0.979 bits per heavy atom. The number of ketones is 1. The van der Waals surface area contributed by atoms with Crippen LogP contribution in [-0.4, -0.2) is 99.6 Å². The molecule has 3 rings (SSSR count). The Hall–Kier alpha value is -2.38. The lowest BCUT2D eigenvalue weighted by Crippen LogP contribution is -2.92. The topological polar surface area (TPSA) is 162 Å². The summed E-state index contributed by atoms with van der Waals surface area (Å²) < 4.78 is 13.7. The molecule has 0 spiro atoms. The van der Waals surface area contributed by atoms with Crippen LogP contribution in [0, 0.1) is 28.1 Å². The van der Waals surface area contributed by atoms with Crippen molar-refractivity contribution in [3.8, 4) is 0 Å². The maximum absolute atomic E-state index is 14.5. The van der Waals surface area contributed by atoms with Crippen LogP contribution in [0.4, 0.5) is 4.79 Å². The van der Waals surface area contributed by atoms with Crippen LogP contribution >= 0.6 is 0 Å². The second-order valence-electron chi connectivity index (χ2n) is 16.9. The number of nitrogens with one attached hydrogen (secondary N) is 3. The fourth-order valence-corrected chi connectivity index (χ4v) is 7.33. The average Bonchev–Trinajstić information content (AvgIpc) is 3.59. The van der Waals surface area contributed by atoms with Crippen molar-refractivity contribution in [2.24, 2.45) is 28.1 Å². The summed E-state index contributed by atoms with van der Waals surface area (Å²) in [4.78, 5) is 69.7. The number of urea groups is 1. The largest absolute Gasteiger partial charge is 0.380 e. The Bertz CT molecular complexity index is 1220. The first-order chi connectivity index (χ1) is 21.6. The third-order valence-electron chi connectivity index (χ3n) is 10.4. The molecule has 268 valence electrons. The quantitative estimate of drug-likeness (QED) is 0.217. The molecule has 0 aromatic heterocycles. The minimum atomic E-state index is -1.22. The molecule has 1 aliphatic heterocycles. The Morgan fingerprint density at radius 3 is 2.11 bits per heavy atom. The molecule has 3 fully saturated rings. The van der Waals surface area contributed by atoms with Gasteiger partial charge in [-0.15, -0.1) is 0 Å². The van der Waals surface area contributed by atoms with Gasteiger partial charge < -0.3 is 20.9 Å². The number of hydrogen-bond acceptors (Lipinski definition) is 6. The van der Waals surface area contributed by atoms with Crippen LogP contribution in [0.1, 0.15) is 101 Å². The van der Waals surface area contributed by atoms with Gasteiger partial charge in [-0.1, -0.05) is 68.7 Å². The summed E-state index contributed by atoms with van der Waals surface area (Å²) in [6.07, 6.45) is 5.98. The Balaban J connectivity index is 1.87. The minimum absolute atomic E-state index is 0.0672. The molecule has 12 nitrogen and oxygen atoms in total. The standard InChI is InChI=1S/C34H60N6O6S/c1-12-13-23(26(41)29(43)35-20-14-15-20)36-28(42)25-21-16-17-34(8,9)22(21)18-40(25)30(44)27(33(5,6)7)38-31(45)37-24(32(2,3)4)19-39(10)47(11)46/h20-25,27H,12-19H2,1-11H3,(H,35,43)(H,36,42)(H2,37,38,45)/p+1/t21-,22-,23?,24+,25-,27+,47?/m0/s1. The minimum Gasteiger partial charge on any atom is -0.344 e. The molecule has 13 heteroatoms. The molecular formula is C34H61N6O6S+. The van der Waals surface area contributed by atoms with Crippen molar-refractivity contribution in [2.45, 2.75) is 131 Å². The van der Waals surface area contributed by atoms with E-state index in [2.05, 4.69) is 29.8 Å². The van der Waals surface area contributed by atoms with E-state index in [9.17, 15) is 28.2 Å². The van der Waals surface area contributed by atoms with Crippen molar-refractivity contribution in [3.05, 3.63) is 0 Å². The highest BCUT2D eigenvalue weighted by Crippen LogP contribution is 2.53. The highest BCUT2D eigenvalue weighted by Gasteiger charge is 2.57. The zero-order chi connectivity index (χ0) is 35.6. The van der Waals surface area contributed by atoms with Gasteiger partial charge in [-0.3, -0.25) is 19.7 Å². The second-order valence-corrected chi connectivity index (χ2v) is 18.4. The van der Waals surface area contributed by atoms with Gasteiger partial charge in [0.25, 0.3) is 5.78 Å². The molecule has 0 aromatic rings. The van der Waals surface area contributed by atoms with Gasteiger partial charge in [0.05, 0.1) is 17.0 Å². The van der Waals surface area contributed by atoms with Crippen molar-refractivity contribution in [1.29, 1.82) is 0 Å². The lowest BCUT2D eigenvalue weighted by Gasteiger charge is -2.38. The molecular weight excluding hydrogens is 620 g/mol. The summed E-state index contributed by atoms with van der Waals surface area (Å²) in [5.74, 6) is -1.98. The number of nitrogens with zero attached hydrogens (tertiary/aromatic N) is 2. The predicted octanol–water partition coefficient (Wildman–Crippen LogP) is 1.71. The van der Waals surface area contributed by atoms with Gasteiger partial charge >= 0.3 is 11.9 Å². The first kappa shape index (κ1) is 39.1. The first-order valence-corrected chi connectivity index (χ1v) is 18.8. The van der Waals surface area contributed by atoms with Crippen molar-refractivity contribution in [3.63, 3.8) is 0 Å². The normalized spacial score (nSPS) is 25.0. The van der Waals surface area contributed by atoms with E-state index in [1.165, 1.54) is 5.32 Å². The third kappa shape index (κ3) is 9.84.